The van der Waals surface area contributed by atoms with Gasteiger partial charge in [0.25, 0.3) is 0 Å². The number of aliphatic carboxylic acids is 1. The lowest BCUT2D eigenvalue weighted by atomic mass is 9.72. The third-order valence-electron chi connectivity index (χ3n) is 7.53. The Bertz CT molecular complexity index is 1300. The summed E-state index contributed by atoms with van der Waals surface area (Å²) in [6.07, 6.45) is -1.01. The fourth-order valence-corrected chi connectivity index (χ4v) is 5.87. The predicted octanol–water partition coefficient (Wildman–Crippen LogP) is 6.54. The van der Waals surface area contributed by atoms with Gasteiger partial charge in [-0.15, -0.1) is 0 Å². The number of carboxylic acid groups (broad SMARTS) is 1. The van der Waals surface area contributed by atoms with Crippen LogP contribution in [0.25, 0.3) is 11.1 Å². The molecular weight excluding hydrogens is 504 g/mol. The average Bonchev–Trinajstić information content (AvgIpc) is 3.29. The van der Waals surface area contributed by atoms with E-state index in [4.69, 9.17) is 9.47 Å². The van der Waals surface area contributed by atoms with Gasteiger partial charge in [-0.3, -0.25) is 4.90 Å². The quantitative estimate of drug-likeness (QED) is 0.335. The maximum absolute atomic E-state index is 13.5. The second-order valence-electron chi connectivity index (χ2n) is 11.7. The van der Waals surface area contributed by atoms with Gasteiger partial charge in [0.1, 0.15) is 11.8 Å². The summed E-state index contributed by atoms with van der Waals surface area (Å²) in [6.45, 7) is 10.0. The van der Waals surface area contributed by atoms with Crippen molar-refractivity contribution in [1.29, 1.82) is 0 Å². The van der Waals surface area contributed by atoms with Crippen LogP contribution in [0, 0.1) is 11.3 Å². The van der Waals surface area contributed by atoms with E-state index in [2.05, 4.69) is 23.5 Å². The van der Waals surface area contributed by atoms with Gasteiger partial charge >= 0.3 is 12.1 Å². The smallest absolute Gasteiger partial charge is 0.411 e. The SMILES string of the molecule is COc1cc(-c2ccccc2)ccc1CNC1C(c2ccccc2)N(C(=O)OC(C)C)C(C(=O)O)C1C(C)(C)C. The Kier molecular flexibility index (Phi) is 8.84. The Morgan fingerprint density at radius 3 is 2.12 bits per heavy atom. The molecule has 7 heteroatoms. The molecule has 7 nitrogen and oxygen atoms in total. The van der Waals surface area contributed by atoms with Crippen molar-refractivity contribution in [2.45, 2.75) is 65.4 Å². The third kappa shape index (κ3) is 6.15. The molecule has 1 saturated heterocycles. The first-order valence-corrected chi connectivity index (χ1v) is 13.7. The first-order valence-electron chi connectivity index (χ1n) is 13.7. The highest BCUT2D eigenvalue weighted by molar-refractivity contribution is 5.82. The van der Waals surface area contributed by atoms with Crippen molar-refractivity contribution in [2.24, 2.45) is 11.3 Å². The number of rotatable bonds is 8. The molecule has 3 aromatic rings. The van der Waals surface area contributed by atoms with Crippen molar-refractivity contribution in [3.8, 4) is 16.9 Å². The molecule has 0 spiro atoms. The van der Waals surface area contributed by atoms with E-state index in [0.29, 0.717) is 6.54 Å². The summed E-state index contributed by atoms with van der Waals surface area (Å²) in [5.74, 6) is -0.721. The molecule has 0 aliphatic carbocycles. The Balaban J connectivity index is 1.75. The monoisotopic (exact) mass is 544 g/mol. The second kappa shape index (κ2) is 12.1. The Morgan fingerprint density at radius 2 is 1.57 bits per heavy atom. The van der Waals surface area contributed by atoms with Gasteiger partial charge in [0.2, 0.25) is 0 Å². The Hall–Kier alpha value is -3.84. The minimum Gasteiger partial charge on any atom is -0.496 e. The van der Waals surface area contributed by atoms with Gasteiger partial charge in [0.15, 0.2) is 0 Å². The standard InChI is InChI=1S/C33H40N2O5/c1-21(2)40-32(38)35-29(23-15-11-8-12-16-23)28(27(33(3,4)5)30(35)31(36)37)34-20-25-18-17-24(19-26(25)39-6)22-13-9-7-10-14-22/h7-19,21,27-30,34H,20H2,1-6H3,(H,36,37). The largest absolute Gasteiger partial charge is 0.496 e. The fourth-order valence-electron chi connectivity index (χ4n) is 5.87. The maximum Gasteiger partial charge on any atom is 0.411 e. The van der Waals surface area contributed by atoms with Gasteiger partial charge in [-0.1, -0.05) is 93.6 Å². The van der Waals surface area contributed by atoms with Crippen LogP contribution in [0.2, 0.25) is 0 Å². The topological polar surface area (TPSA) is 88.1 Å². The summed E-state index contributed by atoms with van der Waals surface area (Å²) in [6, 6.07) is 23.8. The number of ether oxygens (including phenoxy) is 2. The maximum atomic E-state index is 13.5. The van der Waals surface area contributed by atoms with Gasteiger partial charge < -0.3 is 19.9 Å². The van der Waals surface area contributed by atoms with E-state index in [0.717, 1.165) is 28.0 Å². The number of hydrogen-bond acceptors (Lipinski definition) is 5. The zero-order valence-corrected chi connectivity index (χ0v) is 24.1. The lowest BCUT2D eigenvalue weighted by Gasteiger charge is -2.35. The average molecular weight is 545 g/mol. The molecule has 4 atom stereocenters. The fraction of sp³-hybridized carbons (Fsp3) is 0.394. The highest BCUT2D eigenvalue weighted by atomic mass is 16.6. The molecule has 0 aromatic heterocycles. The van der Waals surface area contributed by atoms with E-state index in [9.17, 15) is 14.7 Å². The van der Waals surface area contributed by atoms with Crippen molar-refractivity contribution in [3.63, 3.8) is 0 Å². The van der Waals surface area contributed by atoms with E-state index in [1.54, 1.807) is 21.0 Å². The minimum absolute atomic E-state index is 0.373. The van der Waals surface area contributed by atoms with Crippen LogP contribution in [0.5, 0.6) is 5.75 Å². The summed E-state index contributed by atoms with van der Waals surface area (Å²) in [5, 5.41) is 14.2. The van der Waals surface area contributed by atoms with E-state index in [-0.39, 0.29) is 12.1 Å². The number of carbonyl (C=O) groups excluding carboxylic acids is 1. The molecule has 1 aliphatic heterocycles. The van der Waals surface area contributed by atoms with E-state index >= 15 is 0 Å². The number of methoxy groups -OCH3 is 1. The number of benzene rings is 3. The zero-order valence-electron chi connectivity index (χ0n) is 24.1. The summed E-state index contributed by atoms with van der Waals surface area (Å²) in [4.78, 5) is 27.8. The van der Waals surface area contributed by atoms with Crippen LogP contribution < -0.4 is 10.1 Å². The minimum atomic E-state index is -1.07. The van der Waals surface area contributed by atoms with Crippen LogP contribution in [0.15, 0.2) is 78.9 Å². The van der Waals surface area contributed by atoms with Crippen LogP contribution in [-0.4, -0.2) is 47.4 Å². The molecule has 212 valence electrons. The number of hydrogen-bond donors (Lipinski definition) is 2. The van der Waals surface area contributed by atoms with Crippen molar-refractivity contribution < 1.29 is 24.2 Å². The highest BCUT2D eigenvalue weighted by Gasteiger charge is 2.58. The number of nitrogens with one attached hydrogen (secondary N) is 1. The molecule has 4 unspecified atom stereocenters. The molecule has 0 bridgehead atoms. The summed E-state index contributed by atoms with van der Waals surface area (Å²) < 4.78 is 11.4. The molecule has 1 fully saturated rings. The normalized spacial score (nSPS) is 20.9. The molecule has 4 rings (SSSR count). The first-order chi connectivity index (χ1) is 19.0. The van der Waals surface area contributed by atoms with Crippen molar-refractivity contribution in [3.05, 3.63) is 90.0 Å². The number of carbonyl (C=O) groups is 2. The first kappa shape index (κ1) is 29.2. The molecule has 1 amide bonds. The van der Waals surface area contributed by atoms with Crippen LogP contribution in [-0.2, 0) is 16.1 Å². The lowest BCUT2D eigenvalue weighted by Crippen LogP contribution is -2.48. The van der Waals surface area contributed by atoms with Gasteiger partial charge in [0.05, 0.1) is 19.3 Å². The highest BCUT2D eigenvalue weighted by Crippen LogP contribution is 2.48. The third-order valence-corrected chi connectivity index (χ3v) is 7.53. The Labute approximate surface area is 237 Å². The summed E-state index contributed by atoms with van der Waals surface area (Å²) in [7, 11) is 1.65. The number of nitrogens with zero attached hydrogens (tertiary/aromatic N) is 1. The van der Waals surface area contributed by atoms with Crippen LogP contribution in [0.3, 0.4) is 0 Å². The molecule has 1 aliphatic rings. The lowest BCUT2D eigenvalue weighted by molar-refractivity contribution is -0.144. The zero-order chi connectivity index (χ0) is 29.0. The molecule has 3 aromatic carbocycles. The van der Waals surface area contributed by atoms with Crippen molar-refractivity contribution >= 4 is 12.1 Å². The number of amides is 1. The van der Waals surface area contributed by atoms with Crippen LogP contribution in [0.1, 0.15) is 51.8 Å². The van der Waals surface area contributed by atoms with Gasteiger partial charge in [-0.05, 0) is 42.0 Å². The number of carboxylic acids is 1. The van der Waals surface area contributed by atoms with E-state index in [1.165, 1.54) is 4.90 Å². The predicted molar refractivity (Wildman–Crippen MR) is 156 cm³/mol. The van der Waals surface area contributed by atoms with Crippen molar-refractivity contribution in [2.75, 3.05) is 7.11 Å². The van der Waals surface area contributed by atoms with Gasteiger partial charge in [-0.2, -0.15) is 0 Å². The van der Waals surface area contributed by atoms with Crippen LogP contribution >= 0.6 is 0 Å². The Morgan fingerprint density at radius 1 is 0.950 bits per heavy atom. The van der Waals surface area contributed by atoms with Crippen molar-refractivity contribution in [1.82, 2.24) is 10.2 Å². The molecular formula is C33H40N2O5. The van der Waals surface area contributed by atoms with Crippen LogP contribution in [0.4, 0.5) is 4.79 Å². The summed E-state index contributed by atoms with van der Waals surface area (Å²) in [5.41, 5.74) is 3.49. The molecule has 40 heavy (non-hydrogen) atoms. The summed E-state index contributed by atoms with van der Waals surface area (Å²) >= 11 is 0. The number of likely N-dealkylation sites (tertiary alicyclic amines) is 1. The van der Waals surface area contributed by atoms with Gasteiger partial charge in [-0.25, -0.2) is 9.59 Å². The van der Waals surface area contributed by atoms with E-state index < -0.39 is 35.5 Å². The molecule has 0 saturated carbocycles. The van der Waals surface area contributed by atoms with E-state index in [1.807, 2.05) is 81.4 Å². The van der Waals surface area contributed by atoms with Gasteiger partial charge in [0, 0.05) is 24.1 Å². The molecule has 1 heterocycles. The second-order valence-corrected chi connectivity index (χ2v) is 11.7. The molecule has 2 N–H and O–H groups in total. The molecule has 0 radical (unpaired) electrons.